The Morgan fingerprint density at radius 2 is 1.83 bits per heavy atom. The Labute approximate surface area is 183 Å². The molecule has 0 heterocycles. The molecule has 30 heavy (non-hydrogen) atoms. The van der Waals surface area contributed by atoms with Gasteiger partial charge in [0.25, 0.3) is 0 Å². The van der Waals surface area contributed by atoms with Crippen LogP contribution in [0.15, 0.2) is 11.6 Å². The lowest BCUT2D eigenvalue weighted by molar-refractivity contribution is -0.165. The second-order valence-electron chi connectivity index (χ2n) is 12.2. The van der Waals surface area contributed by atoms with Crippen molar-refractivity contribution in [1.29, 1.82) is 0 Å². The molecule has 7 atom stereocenters. The third-order valence-corrected chi connectivity index (χ3v) is 10.5. The number of fused-ring (bicyclic) bond motifs is 5. The summed E-state index contributed by atoms with van der Waals surface area (Å²) < 4.78 is 5.90. The molecule has 0 saturated heterocycles. The van der Waals surface area contributed by atoms with Gasteiger partial charge in [-0.25, -0.2) is 0 Å². The number of aliphatic hydroxyl groups is 1. The van der Waals surface area contributed by atoms with Crippen LogP contribution >= 0.6 is 0 Å². The van der Waals surface area contributed by atoms with Gasteiger partial charge in [0.2, 0.25) is 0 Å². The lowest BCUT2D eigenvalue weighted by atomic mass is 9.44. The van der Waals surface area contributed by atoms with E-state index in [1.807, 2.05) is 6.08 Å². The van der Waals surface area contributed by atoms with Crippen LogP contribution in [0.3, 0.4) is 0 Å². The summed E-state index contributed by atoms with van der Waals surface area (Å²) in [5.74, 6) is 2.04. The largest absolute Gasteiger partial charge is 0.410 e. The Morgan fingerprint density at radius 1 is 1.17 bits per heavy atom. The molecule has 3 fully saturated rings. The molecule has 0 spiro atoms. The van der Waals surface area contributed by atoms with Crippen molar-refractivity contribution in [2.24, 2.45) is 34.5 Å². The standard InChI is InChI=1S/C25H40O4Si/c1-16-13-18-19(23(2)10-7-17(26)14-21(16)23)8-11-24(3)20(18)9-12-25(24,28)22(27)15-29-30(4,5)6/h14,16,18-20,28H,7-13,15H2,1-6H3/t16-,18+,19-,20-,23+,24-,25-/m0/s1. The van der Waals surface area contributed by atoms with E-state index < -0.39 is 13.9 Å². The Kier molecular flexibility index (Phi) is 5.31. The molecule has 0 aromatic heterocycles. The van der Waals surface area contributed by atoms with Gasteiger partial charge in [-0.05, 0) is 93.3 Å². The van der Waals surface area contributed by atoms with Gasteiger partial charge in [0.05, 0.1) is 6.61 Å². The molecule has 0 aromatic carbocycles. The van der Waals surface area contributed by atoms with Crippen LogP contribution in [-0.4, -0.2) is 37.2 Å². The predicted molar refractivity (Wildman–Crippen MR) is 121 cm³/mol. The summed E-state index contributed by atoms with van der Waals surface area (Å²) in [5, 5.41) is 11.7. The Morgan fingerprint density at radius 3 is 2.50 bits per heavy atom. The summed E-state index contributed by atoms with van der Waals surface area (Å²) >= 11 is 0. The number of hydrogen-bond acceptors (Lipinski definition) is 4. The third kappa shape index (κ3) is 3.22. The second-order valence-corrected chi connectivity index (χ2v) is 16.7. The zero-order chi connectivity index (χ0) is 22.1. The van der Waals surface area contributed by atoms with E-state index in [-0.39, 0.29) is 29.0 Å². The molecule has 4 aliphatic carbocycles. The van der Waals surface area contributed by atoms with Crippen LogP contribution < -0.4 is 0 Å². The van der Waals surface area contributed by atoms with E-state index in [4.69, 9.17) is 4.43 Å². The molecule has 0 aliphatic heterocycles. The average Bonchev–Trinajstić information content (AvgIpc) is 2.93. The summed E-state index contributed by atoms with van der Waals surface area (Å²) in [6, 6.07) is 0. The van der Waals surface area contributed by atoms with E-state index in [0.29, 0.717) is 36.5 Å². The number of hydrogen-bond donors (Lipinski definition) is 1. The van der Waals surface area contributed by atoms with Crippen molar-refractivity contribution >= 4 is 19.9 Å². The first-order chi connectivity index (χ1) is 13.8. The minimum absolute atomic E-state index is 0.0474. The van der Waals surface area contributed by atoms with Gasteiger partial charge in [-0.3, -0.25) is 9.59 Å². The van der Waals surface area contributed by atoms with Crippen molar-refractivity contribution in [3.63, 3.8) is 0 Å². The maximum Gasteiger partial charge on any atom is 0.189 e. The normalized spacial score (nSPS) is 46.0. The molecule has 5 heteroatoms. The fourth-order valence-corrected chi connectivity index (χ4v) is 8.42. The Hall–Kier alpha value is -0.783. The molecular formula is C25H40O4Si. The van der Waals surface area contributed by atoms with Gasteiger partial charge in [0.1, 0.15) is 5.60 Å². The Bertz CT molecular complexity index is 783. The molecule has 1 N–H and O–H groups in total. The van der Waals surface area contributed by atoms with E-state index in [2.05, 4.69) is 40.4 Å². The zero-order valence-corrected chi connectivity index (χ0v) is 20.7. The quantitative estimate of drug-likeness (QED) is 0.641. The lowest BCUT2D eigenvalue weighted by Crippen LogP contribution is -2.59. The van der Waals surface area contributed by atoms with Crippen LogP contribution in [0.25, 0.3) is 0 Å². The predicted octanol–water partition coefficient (Wildman–Crippen LogP) is 4.92. The smallest absolute Gasteiger partial charge is 0.189 e. The summed E-state index contributed by atoms with van der Waals surface area (Å²) in [6.45, 7) is 13.1. The Balaban J connectivity index is 1.61. The van der Waals surface area contributed by atoms with E-state index in [9.17, 15) is 14.7 Å². The van der Waals surface area contributed by atoms with Gasteiger partial charge in [0.15, 0.2) is 19.9 Å². The van der Waals surface area contributed by atoms with Gasteiger partial charge < -0.3 is 9.53 Å². The van der Waals surface area contributed by atoms with E-state index in [0.717, 1.165) is 32.1 Å². The van der Waals surface area contributed by atoms with Crippen molar-refractivity contribution < 1.29 is 19.1 Å². The van der Waals surface area contributed by atoms with Crippen LogP contribution in [0.2, 0.25) is 19.6 Å². The summed E-state index contributed by atoms with van der Waals surface area (Å²) in [7, 11) is -1.81. The fraction of sp³-hybridized carbons (Fsp3) is 0.840. The first-order valence-electron chi connectivity index (χ1n) is 12.0. The van der Waals surface area contributed by atoms with Gasteiger partial charge in [-0.15, -0.1) is 0 Å². The summed E-state index contributed by atoms with van der Waals surface area (Å²) in [5.41, 5.74) is -0.152. The molecule has 0 radical (unpaired) electrons. The third-order valence-electron chi connectivity index (χ3n) is 9.53. The van der Waals surface area contributed by atoms with Crippen LogP contribution in [-0.2, 0) is 14.0 Å². The van der Waals surface area contributed by atoms with E-state index in [1.165, 1.54) is 5.57 Å². The molecule has 4 aliphatic rings. The summed E-state index contributed by atoms with van der Waals surface area (Å²) in [4.78, 5) is 25.4. The molecule has 0 bridgehead atoms. The number of ketones is 2. The number of carbonyl (C=O) groups is 2. The van der Waals surface area contributed by atoms with Gasteiger partial charge in [-0.2, -0.15) is 0 Å². The molecule has 4 rings (SSSR count). The highest BCUT2D eigenvalue weighted by Gasteiger charge is 2.66. The SMILES string of the molecule is C[C@H]1C[C@@H]2[C@H](CC[C@@]3(C)[C@H]2CC[C@]3(O)C(=O)CO[Si](C)(C)C)[C@@]2(C)CCC(=O)C=C12. The highest BCUT2D eigenvalue weighted by molar-refractivity contribution is 6.69. The van der Waals surface area contributed by atoms with Crippen molar-refractivity contribution in [3.8, 4) is 0 Å². The number of carbonyl (C=O) groups excluding carboxylic acids is 2. The van der Waals surface area contributed by atoms with Crippen molar-refractivity contribution in [3.05, 3.63) is 11.6 Å². The van der Waals surface area contributed by atoms with Crippen LogP contribution in [0.1, 0.15) is 65.7 Å². The maximum atomic E-state index is 13.2. The van der Waals surface area contributed by atoms with Gasteiger partial charge in [-0.1, -0.05) is 26.3 Å². The molecule has 3 saturated carbocycles. The van der Waals surface area contributed by atoms with Gasteiger partial charge >= 0.3 is 0 Å². The number of rotatable bonds is 4. The zero-order valence-electron chi connectivity index (χ0n) is 19.7. The molecule has 0 unspecified atom stereocenters. The van der Waals surface area contributed by atoms with Gasteiger partial charge in [0, 0.05) is 11.8 Å². The molecule has 4 nitrogen and oxygen atoms in total. The topological polar surface area (TPSA) is 63.6 Å². The molecular weight excluding hydrogens is 392 g/mol. The second kappa shape index (κ2) is 7.11. The molecule has 168 valence electrons. The van der Waals surface area contributed by atoms with Crippen molar-refractivity contribution in [1.82, 2.24) is 0 Å². The van der Waals surface area contributed by atoms with Crippen LogP contribution in [0.5, 0.6) is 0 Å². The van der Waals surface area contributed by atoms with Crippen molar-refractivity contribution in [2.75, 3.05) is 6.61 Å². The average molecular weight is 433 g/mol. The van der Waals surface area contributed by atoms with Crippen molar-refractivity contribution in [2.45, 2.75) is 91.0 Å². The minimum Gasteiger partial charge on any atom is -0.410 e. The first-order valence-corrected chi connectivity index (χ1v) is 15.4. The monoisotopic (exact) mass is 432 g/mol. The lowest BCUT2D eigenvalue weighted by Gasteiger charge is -2.60. The van der Waals surface area contributed by atoms with Crippen LogP contribution in [0, 0.1) is 34.5 Å². The molecule has 0 amide bonds. The van der Waals surface area contributed by atoms with E-state index >= 15 is 0 Å². The van der Waals surface area contributed by atoms with Crippen LogP contribution in [0.4, 0.5) is 0 Å². The number of allylic oxidation sites excluding steroid dienone is 1. The maximum absolute atomic E-state index is 13.2. The summed E-state index contributed by atoms with van der Waals surface area (Å²) in [6.07, 6.45) is 8.07. The first kappa shape index (κ1) is 22.4. The highest BCUT2D eigenvalue weighted by atomic mass is 28.4. The minimum atomic E-state index is -1.81. The van der Waals surface area contributed by atoms with E-state index in [1.54, 1.807) is 0 Å². The molecule has 0 aromatic rings. The fourth-order valence-electron chi connectivity index (χ4n) is 7.86. The number of Topliss-reactive ketones (excluding diaryl/α,β-unsaturated/α-hetero) is 1. The highest BCUT2D eigenvalue weighted by Crippen LogP contribution is 2.68.